The lowest BCUT2D eigenvalue weighted by atomic mass is 9.83. The first-order chi connectivity index (χ1) is 19.5. The van der Waals surface area contributed by atoms with Crippen LogP contribution in [0.15, 0.2) is 42.0 Å². The van der Waals surface area contributed by atoms with Crippen molar-refractivity contribution in [2.75, 3.05) is 55.7 Å². The van der Waals surface area contributed by atoms with E-state index in [9.17, 15) is 18.0 Å². The van der Waals surface area contributed by atoms with Crippen LogP contribution in [0.25, 0.3) is 0 Å². The molecule has 5 rings (SSSR count). The number of halogens is 1. The fourth-order valence-corrected chi connectivity index (χ4v) is 8.42. The molecule has 224 valence electrons. The third-order valence-electron chi connectivity index (χ3n) is 9.24. The molecule has 3 fully saturated rings. The summed E-state index contributed by atoms with van der Waals surface area (Å²) in [5.74, 6) is 1.51. The number of likely N-dealkylation sites (tertiary alicyclic amines) is 2. The minimum atomic E-state index is -3.04. The molecule has 41 heavy (non-hydrogen) atoms. The predicted octanol–water partition coefficient (Wildman–Crippen LogP) is 4.72. The Morgan fingerprint density at radius 3 is 2.39 bits per heavy atom. The van der Waals surface area contributed by atoms with Crippen molar-refractivity contribution in [3.63, 3.8) is 0 Å². The zero-order chi connectivity index (χ0) is 29.3. The number of ether oxygens (including phenoxy) is 1. The van der Waals surface area contributed by atoms with Gasteiger partial charge in [-0.3, -0.25) is 9.69 Å². The monoisotopic (exact) mass is 603 g/mol. The minimum Gasteiger partial charge on any atom is -0.446 e. The summed E-state index contributed by atoms with van der Waals surface area (Å²) in [5.41, 5.74) is 2.76. The van der Waals surface area contributed by atoms with E-state index in [2.05, 4.69) is 41.9 Å². The Balaban J connectivity index is 1.14. The van der Waals surface area contributed by atoms with E-state index in [0.717, 1.165) is 50.3 Å². The molecule has 4 aliphatic rings. The van der Waals surface area contributed by atoms with Crippen molar-refractivity contribution < 1.29 is 22.7 Å². The van der Waals surface area contributed by atoms with Crippen LogP contribution in [-0.4, -0.2) is 87.1 Å². The molecule has 10 heteroatoms. The first-order valence-corrected chi connectivity index (χ1v) is 17.0. The molecule has 3 saturated heterocycles. The number of carbonyl (C=O) groups excluding carboxylic acids is 2. The third-order valence-corrected chi connectivity index (χ3v) is 11.4. The Hall–Kier alpha value is -2.36. The van der Waals surface area contributed by atoms with Gasteiger partial charge in [0.25, 0.3) is 0 Å². The maximum absolute atomic E-state index is 13.3. The molecule has 2 amide bonds. The van der Waals surface area contributed by atoms with Crippen LogP contribution in [0.1, 0.15) is 38.7 Å². The number of anilines is 1. The number of hydrogen-bond acceptors (Lipinski definition) is 6. The molecule has 4 unspecified atom stereocenters. The molecule has 1 aromatic carbocycles. The summed E-state index contributed by atoms with van der Waals surface area (Å²) in [6.45, 7) is 11.0. The van der Waals surface area contributed by atoms with Gasteiger partial charge in [-0.05, 0) is 75.1 Å². The molecule has 8 nitrogen and oxygen atoms in total. The van der Waals surface area contributed by atoms with Crippen LogP contribution < -0.4 is 4.90 Å². The maximum Gasteiger partial charge on any atom is 0.414 e. The summed E-state index contributed by atoms with van der Waals surface area (Å²) in [6, 6.07) is 5.55. The number of carbonyl (C=O) groups is 2. The number of fused-ring (bicyclic) bond motifs is 1. The Bertz CT molecular complexity index is 1300. The highest BCUT2D eigenvalue weighted by Crippen LogP contribution is 2.35. The average molecular weight is 604 g/mol. The lowest BCUT2D eigenvalue weighted by molar-refractivity contribution is -0.134. The van der Waals surface area contributed by atoms with Gasteiger partial charge in [0.05, 0.1) is 17.4 Å². The number of allylic oxidation sites excluding steroid dienone is 3. The molecule has 0 N–H and O–H groups in total. The molecule has 0 aromatic heterocycles. The highest BCUT2D eigenvalue weighted by atomic mass is 35.5. The second-order valence-electron chi connectivity index (χ2n) is 12.3. The van der Waals surface area contributed by atoms with Crippen molar-refractivity contribution in [1.29, 1.82) is 0 Å². The number of benzene rings is 1. The summed E-state index contributed by atoms with van der Waals surface area (Å²) in [4.78, 5) is 32.8. The van der Waals surface area contributed by atoms with Gasteiger partial charge < -0.3 is 14.5 Å². The molecule has 1 aliphatic carbocycles. The van der Waals surface area contributed by atoms with Gasteiger partial charge in [-0.2, -0.15) is 0 Å². The number of amides is 2. The SMILES string of the molecule is CC1=CC=CC(C)C1C(=O)N1CC2CN(CCCN(C(=O)OC3CCS(=O)(=O)CC3)c3ccc(C)c(Cl)c3)CC2C1. The second-order valence-corrected chi connectivity index (χ2v) is 15.0. The quantitative estimate of drug-likeness (QED) is 0.448. The molecule has 0 bridgehead atoms. The normalized spacial score (nSPS) is 27.9. The fraction of sp³-hybridized carbons (Fsp3) is 0.613. The first-order valence-electron chi connectivity index (χ1n) is 14.8. The number of sulfone groups is 1. The number of hydrogen-bond donors (Lipinski definition) is 0. The number of nitrogens with zero attached hydrogens (tertiary/aromatic N) is 3. The van der Waals surface area contributed by atoms with E-state index < -0.39 is 22.0 Å². The molecule has 0 radical (unpaired) electrons. The van der Waals surface area contributed by atoms with Crippen LogP contribution in [0.4, 0.5) is 10.5 Å². The first kappa shape index (κ1) is 30.1. The van der Waals surface area contributed by atoms with E-state index in [-0.39, 0.29) is 29.2 Å². The van der Waals surface area contributed by atoms with Crippen LogP contribution in [-0.2, 0) is 19.4 Å². The molecule has 3 aliphatic heterocycles. The third kappa shape index (κ3) is 7.00. The Labute approximate surface area is 249 Å². The van der Waals surface area contributed by atoms with E-state index in [1.165, 1.54) is 0 Å². The van der Waals surface area contributed by atoms with Gasteiger partial charge in [0.15, 0.2) is 9.84 Å². The lowest BCUT2D eigenvalue weighted by Crippen LogP contribution is -2.40. The summed E-state index contributed by atoms with van der Waals surface area (Å²) < 4.78 is 29.4. The van der Waals surface area contributed by atoms with Gasteiger partial charge in [-0.25, -0.2) is 13.2 Å². The maximum atomic E-state index is 13.3. The van der Waals surface area contributed by atoms with Crippen LogP contribution in [0, 0.1) is 30.6 Å². The molecule has 1 aromatic rings. The number of aryl methyl sites for hydroxylation is 1. The van der Waals surface area contributed by atoms with E-state index in [1.807, 2.05) is 19.1 Å². The van der Waals surface area contributed by atoms with Crippen molar-refractivity contribution in [1.82, 2.24) is 9.80 Å². The standard InChI is InChI=1S/C31H42ClN3O5S/c1-21-8-9-26(16-28(21)32)35(31(37)40-27-10-14-41(38,39)15-11-27)13-5-12-33-17-24-19-34(20-25(24)18-33)30(36)29-22(2)6-4-7-23(29)3/h4,6-9,16,22,24-25,27,29H,5,10-15,17-20H2,1-3H3. The van der Waals surface area contributed by atoms with E-state index in [1.54, 1.807) is 11.0 Å². The van der Waals surface area contributed by atoms with Crippen LogP contribution >= 0.6 is 11.6 Å². The number of rotatable bonds is 7. The van der Waals surface area contributed by atoms with Gasteiger partial charge in [0.1, 0.15) is 6.10 Å². The van der Waals surface area contributed by atoms with Gasteiger partial charge in [-0.1, -0.05) is 48.4 Å². The Morgan fingerprint density at radius 1 is 1.07 bits per heavy atom. The lowest BCUT2D eigenvalue weighted by Gasteiger charge is -2.30. The summed E-state index contributed by atoms with van der Waals surface area (Å²) >= 11 is 6.39. The van der Waals surface area contributed by atoms with Gasteiger partial charge in [-0.15, -0.1) is 0 Å². The summed E-state index contributed by atoms with van der Waals surface area (Å²) in [5, 5.41) is 0.583. The van der Waals surface area contributed by atoms with Crippen LogP contribution in [0.5, 0.6) is 0 Å². The zero-order valence-corrected chi connectivity index (χ0v) is 25.9. The van der Waals surface area contributed by atoms with E-state index in [0.29, 0.717) is 41.9 Å². The largest absolute Gasteiger partial charge is 0.446 e. The topological polar surface area (TPSA) is 87.2 Å². The fourth-order valence-electron chi connectivity index (χ4n) is 6.80. The molecule has 3 heterocycles. The van der Waals surface area contributed by atoms with E-state index >= 15 is 0 Å². The van der Waals surface area contributed by atoms with Crippen molar-refractivity contribution in [2.45, 2.75) is 46.1 Å². The van der Waals surface area contributed by atoms with Crippen LogP contribution in [0.2, 0.25) is 5.02 Å². The second kappa shape index (κ2) is 12.5. The predicted molar refractivity (Wildman–Crippen MR) is 162 cm³/mol. The summed E-state index contributed by atoms with van der Waals surface area (Å²) in [6.07, 6.45) is 6.80. The Morgan fingerprint density at radius 2 is 1.76 bits per heavy atom. The highest BCUT2D eigenvalue weighted by Gasteiger charge is 2.43. The minimum absolute atomic E-state index is 0.0473. The van der Waals surface area contributed by atoms with Crippen LogP contribution in [0.3, 0.4) is 0 Å². The molecular weight excluding hydrogens is 562 g/mol. The molecule has 0 spiro atoms. The van der Waals surface area contributed by atoms with Crippen molar-refractivity contribution in [2.24, 2.45) is 23.7 Å². The molecule has 4 atom stereocenters. The molecular formula is C31H42ClN3O5S. The van der Waals surface area contributed by atoms with Gasteiger partial charge in [0, 0.05) is 43.4 Å². The van der Waals surface area contributed by atoms with E-state index in [4.69, 9.17) is 16.3 Å². The highest BCUT2D eigenvalue weighted by molar-refractivity contribution is 7.91. The smallest absolute Gasteiger partial charge is 0.414 e. The van der Waals surface area contributed by atoms with Crippen molar-refractivity contribution in [3.05, 3.63) is 52.6 Å². The molecule has 0 saturated carbocycles. The Kier molecular flexibility index (Phi) is 9.16. The zero-order valence-electron chi connectivity index (χ0n) is 24.3. The van der Waals surface area contributed by atoms with Crippen molar-refractivity contribution in [3.8, 4) is 0 Å². The average Bonchev–Trinajstić information content (AvgIpc) is 3.48. The summed E-state index contributed by atoms with van der Waals surface area (Å²) in [7, 11) is -3.04. The van der Waals surface area contributed by atoms with Crippen molar-refractivity contribution >= 4 is 39.1 Å². The van der Waals surface area contributed by atoms with Gasteiger partial charge in [0.2, 0.25) is 5.91 Å². The van der Waals surface area contributed by atoms with Gasteiger partial charge >= 0.3 is 6.09 Å².